The highest BCUT2D eigenvalue weighted by Crippen LogP contribution is 2.23. The van der Waals surface area contributed by atoms with Gasteiger partial charge in [0.25, 0.3) is 0 Å². The number of halogens is 2. The first-order chi connectivity index (χ1) is 7.24. The van der Waals surface area contributed by atoms with Crippen LogP contribution in [0.5, 0.6) is 5.88 Å². The van der Waals surface area contributed by atoms with E-state index in [0.29, 0.717) is 11.0 Å². The summed E-state index contributed by atoms with van der Waals surface area (Å²) in [6, 6.07) is 3.56. The molecule has 0 aromatic carbocycles. The Morgan fingerprint density at radius 3 is 2.80 bits per heavy atom. The Labute approximate surface area is 102 Å². The summed E-state index contributed by atoms with van der Waals surface area (Å²) in [7, 11) is 0. The third-order valence-electron chi connectivity index (χ3n) is 2.19. The fourth-order valence-electron chi connectivity index (χ4n) is 1.47. The van der Waals surface area contributed by atoms with Crippen molar-refractivity contribution in [1.29, 1.82) is 0 Å². The molecule has 1 saturated heterocycles. The predicted molar refractivity (Wildman–Crippen MR) is 61.4 cm³/mol. The summed E-state index contributed by atoms with van der Waals surface area (Å²) in [4.78, 5) is 4.10. The Morgan fingerprint density at radius 1 is 1.40 bits per heavy atom. The van der Waals surface area contributed by atoms with E-state index in [1.807, 2.05) is 6.07 Å². The molecule has 0 bridgehead atoms. The average Bonchev–Trinajstić information content (AvgIpc) is 2.17. The Balaban J connectivity index is 2.02. The molecule has 1 aromatic heterocycles. The summed E-state index contributed by atoms with van der Waals surface area (Å²) in [6.07, 6.45) is 2.01. The van der Waals surface area contributed by atoms with E-state index in [2.05, 4.69) is 20.9 Å². The minimum absolute atomic E-state index is 0.191. The molecule has 1 aliphatic heterocycles. The second-order valence-corrected chi connectivity index (χ2v) is 4.68. The Bertz CT molecular complexity index is 322. The zero-order valence-electron chi connectivity index (χ0n) is 8.08. The summed E-state index contributed by atoms with van der Waals surface area (Å²) >= 11 is 9.17. The molecule has 0 atom stereocenters. The van der Waals surface area contributed by atoms with Gasteiger partial charge in [0.1, 0.15) is 11.3 Å². The first-order valence-electron chi connectivity index (χ1n) is 4.81. The number of aromatic nitrogens is 1. The quantitative estimate of drug-likeness (QED) is 0.785. The van der Waals surface area contributed by atoms with E-state index in [-0.39, 0.29) is 6.10 Å². The second-order valence-electron chi connectivity index (χ2n) is 3.38. The van der Waals surface area contributed by atoms with Crippen LogP contribution in [0.25, 0.3) is 0 Å². The standard InChI is InChI=1S/C10H11BrClNO2/c11-7-5-9(12)13-10(6-7)15-8-1-3-14-4-2-8/h5-6,8H,1-4H2. The lowest BCUT2D eigenvalue weighted by Crippen LogP contribution is -2.26. The number of ether oxygens (including phenoxy) is 2. The van der Waals surface area contributed by atoms with Crippen molar-refractivity contribution in [2.45, 2.75) is 18.9 Å². The summed E-state index contributed by atoms with van der Waals surface area (Å²) in [6.45, 7) is 1.51. The topological polar surface area (TPSA) is 31.4 Å². The van der Waals surface area contributed by atoms with Crippen molar-refractivity contribution in [3.05, 3.63) is 21.8 Å². The molecule has 15 heavy (non-hydrogen) atoms. The van der Waals surface area contributed by atoms with Crippen LogP contribution in [0, 0.1) is 0 Å². The van der Waals surface area contributed by atoms with Crippen molar-refractivity contribution in [3.8, 4) is 5.88 Å². The van der Waals surface area contributed by atoms with Gasteiger partial charge in [0.05, 0.1) is 13.2 Å². The van der Waals surface area contributed by atoms with Crippen LogP contribution in [0.3, 0.4) is 0 Å². The van der Waals surface area contributed by atoms with Crippen molar-refractivity contribution < 1.29 is 9.47 Å². The van der Waals surface area contributed by atoms with Crippen LogP contribution in [0.1, 0.15) is 12.8 Å². The summed E-state index contributed by atoms with van der Waals surface area (Å²) in [5.41, 5.74) is 0. The highest BCUT2D eigenvalue weighted by atomic mass is 79.9. The first kappa shape index (κ1) is 11.2. The van der Waals surface area contributed by atoms with Gasteiger partial charge in [-0.2, -0.15) is 0 Å². The van der Waals surface area contributed by atoms with E-state index in [4.69, 9.17) is 21.1 Å². The molecule has 0 N–H and O–H groups in total. The SMILES string of the molecule is Clc1cc(Br)cc(OC2CCOCC2)n1. The number of hydrogen-bond acceptors (Lipinski definition) is 3. The third-order valence-corrected chi connectivity index (χ3v) is 2.84. The zero-order chi connectivity index (χ0) is 10.7. The smallest absolute Gasteiger partial charge is 0.216 e. The molecule has 1 aliphatic rings. The van der Waals surface area contributed by atoms with Crippen LogP contribution in [-0.2, 0) is 4.74 Å². The average molecular weight is 293 g/mol. The number of pyridine rings is 1. The molecule has 0 aliphatic carbocycles. The van der Waals surface area contributed by atoms with E-state index in [1.165, 1.54) is 0 Å². The van der Waals surface area contributed by atoms with Crippen LogP contribution >= 0.6 is 27.5 Å². The molecule has 0 saturated carbocycles. The lowest BCUT2D eigenvalue weighted by atomic mass is 10.2. The summed E-state index contributed by atoms with van der Waals surface area (Å²) < 4.78 is 11.8. The molecule has 0 unspecified atom stereocenters. The van der Waals surface area contributed by atoms with Gasteiger partial charge in [-0.15, -0.1) is 0 Å². The van der Waals surface area contributed by atoms with E-state index in [0.717, 1.165) is 30.5 Å². The van der Waals surface area contributed by atoms with Gasteiger partial charge in [0.15, 0.2) is 0 Å². The maximum Gasteiger partial charge on any atom is 0.216 e. The minimum atomic E-state index is 0.191. The molecule has 2 heterocycles. The van der Waals surface area contributed by atoms with Gasteiger partial charge in [-0.1, -0.05) is 27.5 Å². The summed E-state index contributed by atoms with van der Waals surface area (Å²) in [5.74, 6) is 0.571. The largest absolute Gasteiger partial charge is 0.474 e. The Hall–Kier alpha value is -0.320. The van der Waals surface area contributed by atoms with E-state index in [1.54, 1.807) is 6.07 Å². The normalized spacial score (nSPS) is 17.7. The van der Waals surface area contributed by atoms with Crippen molar-refractivity contribution >= 4 is 27.5 Å². The first-order valence-corrected chi connectivity index (χ1v) is 5.98. The van der Waals surface area contributed by atoms with E-state index >= 15 is 0 Å². The van der Waals surface area contributed by atoms with Crippen molar-refractivity contribution in [1.82, 2.24) is 4.98 Å². The minimum Gasteiger partial charge on any atom is -0.474 e. The molecule has 0 spiro atoms. The molecule has 82 valence electrons. The van der Waals surface area contributed by atoms with Crippen LogP contribution in [0.2, 0.25) is 5.15 Å². The Kier molecular flexibility index (Phi) is 3.83. The number of nitrogens with zero attached hydrogens (tertiary/aromatic N) is 1. The second kappa shape index (κ2) is 5.14. The van der Waals surface area contributed by atoms with Gasteiger partial charge in [-0.05, 0) is 6.07 Å². The highest BCUT2D eigenvalue weighted by molar-refractivity contribution is 9.10. The maximum atomic E-state index is 5.82. The van der Waals surface area contributed by atoms with Crippen molar-refractivity contribution in [3.63, 3.8) is 0 Å². The van der Waals surface area contributed by atoms with Crippen LogP contribution in [0.4, 0.5) is 0 Å². The zero-order valence-corrected chi connectivity index (χ0v) is 10.4. The van der Waals surface area contributed by atoms with Crippen LogP contribution in [-0.4, -0.2) is 24.3 Å². The number of hydrogen-bond donors (Lipinski definition) is 0. The van der Waals surface area contributed by atoms with E-state index < -0.39 is 0 Å². The summed E-state index contributed by atoms with van der Waals surface area (Å²) in [5, 5.41) is 0.437. The number of rotatable bonds is 2. The van der Waals surface area contributed by atoms with Gasteiger partial charge < -0.3 is 9.47 Å². The molecule has 1 aromatic rings. The van der Waals surface area contributed by atoms with Crippen molar-refractivity contribution in [2.24, 2.45) is 0 Å². The highest BCUT2D eigenvalue weighted by Gasteiger charge is 2.16. The maximum absolute atomic E-state index is 5.82. The molecular weight excluding hydrogens is 281 g/mol. The predicted octanol–water partition coefficient (Wildman–Crippen LogP) is 3.06. The third kappa shape index (κ3) is 3.33. The van der Waals surface area contributed by atoms with Crippen LogP contribution < -0.4 is 4.74 Å². The molecule has 0 amide bonds. The lowest BCUT2D eigenvalue weighted by molar-refractivity contribution is 0.0237. The fraction of sp³-hybridized carbons (Fsp3) is 0.500. The monoisotopic (exact) mass is 291 g/mol. The molecule has 1 fully saturated rings. The van der Waals surface area contributed by atoms with Gasteiger partial charge in [0.2, 0.25) is 5.88 Å². The van der Waals surface area contributed by atoms with Gasteiger partial charge in [-0.25, -0.2) is 4.98 Å². The molecular formula is C10H11BrClNO2. The molecule has 3 nitrogen and oxygen atoms in total. The molecule has 5 heteroatoms. The van der Waals surface area contributed by atoms with Crippen molar-refractivity contribution in [2.75, 3.05) is 13.2 Å². The fourth-order valence-corrected chi connectivity index (χ4v) is 2.21. The van der Waals surface area contributed by atoms with E-state index in [9.17, 15) is 0 Å². The molecule has 2 rings (SSSR count). The van der Waals surface area contributed by atoms with Gasteiger partial charge in [-0.3, -0.25) is 0 Å². The molecule has 0 radical (unpaired) electrons. The van der Waals surface area contributed by atoms with Crippen LogP contribution in [0.15, 0.2) is 16.6 Å². The van der Waals surface area contributed by atoms with Gasteiger partial charge >= 0.3 is 0 Å². The van der Waals surface area contributed by atoms with Gasteiger partial charge in [0, 0.05) is 23.4 Å². The Morgan fingerprint density at radius 2 is 2.13 bits per heavy atom. The lowest BCUT2D eigenvalue weighted by Gasteiger charge is -2.22.